The Hall–Kier alpha value is -2.38. The molecule has 0 aliphatic carbocycles. The number of rotatable bonds is 5. The maximum Gasteiger partial charge on any atom is 0.416 e. The van der Waals surface area contributed by atoms with E-state index in [-0.39, 0.29) is 17.9 Å². The Morgan fingerprint density at radius 1 is 0.885 bits per heavy atom. The van der Waals surface area contributed by atoms with Gasteiger partial charge in [-0.15, -0.1) is 0 Å². The SMILES string of the molecule is O=S(=O)(NCCc1cccc(C(F)(F)F)c1)c1cccc2ccccc12. The Morgan fingerprint density at radius 2 is 1.58 bits per heavy atom. The summed E-state index contributed by atoms with van der Waals surface area (Å²) in [5.74, 6) is 0. The molecule has 3 aromatic rings. The molecule has 0 unspecified atom stereocenters. The number of hydrogen-bond donors (Lipinski definition) is 1. The third-order valence-electron chi connectivity index (χ3n) is 4.00. The second kappa shape index (κ2) is 7.09. The summed E-state index contributed by atoms with van der Waals surface area (Å²) in [7, 11) is -3.77. The molecular formula is C19H16F3NO2S. The maximum atomic E-state index is 12.7. The zero-order chi connectivity index (χ0) is 18.8. The molecule has 0 radical (unpaired) electrons. The highest BCUT2D eigenvalue weighted by Gasteiger charge is 2.30. The van der Waals surface area contributed by atoms with Crippen LogP contribution in [0.1, 0.15) is 11.1 Å². The number of benzene rings is 3. The number of hydrogen-bond acceptors (Lipinski definition) is 2. The fraction of sp³-hybridized carbons (Fsp3) is 0.158. The molecule has 0 atom stereocenters. The number of sulfonamides is 1. The van der Waals surface area contributed by atoms with Crippen molar-refractivity contribution in [2.45, 2.75) is 17.5 Å². The number of nitrogens with one attached hydrogen (secondary N) is 1. The van der Waals surface area contributed by atoms with Gasteiger partial charge in [-0.2, -0.15) is 13.2 Å². The molecule has 0 bridgehead atoms. The first-order valence-corrected chi connectivity index (χ1v) is 9.39. The van der Waals surface area contributed by atoms with E-state index in [2.05, 4.69) is 4.72 Å². The lowest BCUT2D eigenvalue weighted by Crippen LogP contribution is -2.26. The van der Waals surface area contributed by atoms with Gasteiger partial charge in [-0.3, -0.25) is 0 Å². The van der Waals surface area contributed by atoms with Crippen molar-refractivity contribution in [2.24, 2.45) is 0 Å². The van der Waals surface area contributed by atoms with Crippen LogP contribution in [0.15, 0.2) is 71.6 Å². The van der Waals surface area contributed by atoms with Crippen LogP contribution in [-0.4, -0.2) is 15.0 Å². The van der Waals surface area contributed by atoms with Gasteiger partial charge in [0.2, 0.25) is 10.0 Å². The first-order chi connectivity index (χ1) is 12.3. The molecule has 3 rings (SSSR count). The zero-order valence-corrected chi connectivity index (χ0v) is 14.4. The van der Waals surface area contributed by atoms with Crippen LogP contribution in [0, 0.1) is 0 Å². The van der Waals surface area contributed by atoms with Crippen molar-refractivity contribution in [3.05, 3.63) is 77.9 Å². The molecule has 0 aliphatic heterocycles. The second-order valence-electron chi connectivity index (χ2n) is 5.82. The third-order valence-corrected chi connectivity index (χ3v) is 5.52. The standard InChI is InChI=1S/C19H16F3NO2S/c20-19(21,22)16-8-3-5-14(13-16)11-12-23-26(24,25)18-10-4-7-15-6-1-2-9-17(15)18/h1-10,13,23H,11-12H2. The Labute approximate surface area is 149 Å². The molecule has 3 aromatic carbocycles. The molecule has 0 fully saturated rings. The Kier molecular flexibility index (Phi) is 5.02. The fourth-order valence-electron chi connectivity index (χ4n) is 2.74. The quantitative estimate of drug-likeness (QED) is 0.715. The zero-order valence-electron chi connectivity index (χ0n) is 13.6. The molecule has 0 amide bonds. The topological polar surface area (TPSA) is 46.2 Å². The monoisotopic (exact) mass is 379 g/mol. The number of alkyl halides is 3. The van der Waals surface area contributed by atoms with Gasteiger partial charge < -0.3 is 0 Å². The van der Waals surface area contributed by atoms with Gasteiger partial charge in [-0.05, 0) is 29.5 Å². The van der Waals surface area contributed by atoms with E-state index in [1.165, 1.54) is 12.1 Å². The van der Waals surface area contributed by atoms with Crippen LogP contribution in [0.4, 0.5) is 13.2 Å². The van der Waals surface area contributed by atoms with E-state index in [0.717, 1.165) is 17.5 Å². The molecule has 0 aliphatic rings. The largest absolute Gasteiger partial charge is 0.416 e. The molecule has 0 saturated heterocycles. The predicted molar refractivity (Wildman–Crippen MR) is 94.3 cm³/mol. The van der Waals surface area contributed by atoms with Crippen molar-refractivity contribution >= 4 is 20.8 Å². The van der Waals surface area contributed by atoms with Crippen molar-refractivity contribution in [2.75, 3.05) is 6.54 Å². The molecule has 1 N–H and O–H groups in total. The molecule has 0 heterocycles. The van der Waals surface area contributed by atoms with Crippen LogP contribution in [0.5, 0.6) is 0 Å². The van der Waals surface area contributed by atoms with Gasteiger partial charge in [0.05, 0.1) is 10.5 Å². The molecule has 26 heavy (non-hydrogen) atoms. The molecule has 3 nitrogen and oxygen atoms in total. The van der Waals surface area contributed by atoms with Crippen LogP contribution in [0.25, 0.3) is 10.8 Å². The maximum absolute atomic E-state index is 12.7. The average molecular weight is 379 g/mol. The van der Waals surface area contributed by atoms with Gasteiger partial charge in [0.1, 0.15) is 0 Å². The summed E-state index contributed by atoms with van der Waals surface area (Å²) in [6, 6.07) is 17.0. The third kappa shape index (κ3) is 4.05. The summed E-state index contributed by atoms with van der Waals surface area (Å²) in [6.07, 6.45) is -4.26. The lowest BCUT2D eigenvalue weighted by atomic mass is 10.1. The van der Waals surface area contributed by atoms with Gasteiger partial charge in [0.15, 0.2) is 0 Å². The Bertz CT molecular complexity index is 1020. The predicted octanol–water partition coefficient (Wildman–Crippen LogP) is 4.38. The second-order valence-corrected chi connectivity index (χ2v) is 7.56. The van der Waals surface area contributed by atoms with Crippen LogP contribution >= 0.6 is 0 Å². The summed E-state index contributed by atoms with van der Waals surface area (Å²) < 4.78 is 65.8. The van der Waals surface area contributed by atoms with Gasteiger partial charge in [-0.25, -0.2) is 13.1 Å². The Morgan fingerprint density at radius 3 is 2.35 bits per heavy atom. The summed E-state index contributed by atoms with van der Waals surface area (Å²) in [4.78, 5) is 0.152. The molecule has 7 heteroatoms. The average Bonchev–Trinajstić information content (AvgIpc) is 2.60. The number of halogens is 3. The van der Waals surface area contributed by atoms with E-state index in [1.54, 1.807) is 24.3 Å². The van der Waals surface area contributed by atoms with Gasteiger partial charge in [-0.1, -0.05) is 54.6 Å². The smallest absolute Gasteiger partial charge is 0.211 e. The van der Waals surface area contributed by atoms with E-state index in [1.807, 2.05) is 18.2 Å². The van der Waals surface area contributed by atoms with E-state index >= 15 is 0 Å². The minimum atomic E-state index is -4.42. The van der Waals surface area contributed by atoms with Crippen LogP contribution in [0.2, 0.25) is 0 Å². The van der Waals surface area contributed by atoms with E-state index in [9.17, 15) is 21.6 Å². The molecule has 0 aromatic heterocycles. The number of fused-ring (bicyclic) bond motifs is 1. The van der Waals surface area contributed by atoms with Crippen LogP contribution in [-0.2, 0) is 22.6 Å². The summed E-state index contributed by atoms with van der Waals surface area (Å²) in [6.45, 7) is 0.00681. The molecule has 136 valence electrons. The molecule has 0 spiro atoms. The lowest BCUT2D eigenvalue weighted by molar-refractivity contribution is -0.137. The molecule has 0 saturated carbocycles. The molecular weight excluding hydrogens is 363 g/mol. The summed E-state index contributed by atoms with van der Waals surface area (Å²) in [5.41, 5.74) is -0.327. The van der Waals surface area contributed by atoms with Gasteiger partial charge in [0, 0.05) is 11.9 Å². The van der Waals surface area contributed by atoms with Crippen molar-refractivity contribution in [1.29, 1.82) is 0 Å². The van der Waals surface area contributed by atoms with E-state index < -0.39 is 21.8 Å². The van der Waals surface area contributed by atoms with Crippen molar-refractivity contribution in [1.82, 2.24) is 4.72 Å². The minimum absolute atomic E-state index is 0.00681. The summed E-state index contributed by atoms with van der Waals surface area (Å²) >= 11 is 0. The highest BCUT2D eigenvalue weighted by Crippen LogP contribution is 2.29. The normalized spacial score (nSPS) is 12.4. The highest BCUT2D eigenvalue weighted by atomic mass is 32.2. The lowest BCUT2D eigenvalue weighted by Gasteiger charge is -2.11. The van der Waals surface area contributed by atoms with Crippen molar-refractivity contribution in [3.8, 4) is 0 Å². The van der Waals surface area contributed by atoms with Crippen LogP contribution in [0.3, 0.4) is 0 Å². The van der Waals surface area contributed by atoms with Gasteiger partial charge >= 0.3 is 6.18 Å². The van der Waals surface area contributed by atoms with E-state index in [4.69, 9.17) is 0 Å². The Balaban J connectivity index is 1.75. The fourth-order valence-corrected chi connectivity index (χ4v) is 4.00. The first kappa shape index (κ1) is 18.4. The van der Waals surface area contributed by atoms with E-state index in [0.29, 0.717) is 10.9 Å². The minimum Gasteiger partial charge on any atom is -0.211 e. The summed E-state index contributed by atoms with van der Waals surface area (Å²) in [5, 5.41) is 1.40. The highest BCUT2D eigenvalue weighted by molar-refractivity contribution is 7.89. The van der Waals surface area contributed by atoms with Crippen LogP contribution < -0.4 is 4.72 Å². The first-order valence-electron chi connectivity index (χ1n) is 7.91. The van der Waals surface area contributed by atoms with Gasteiger partial charge in [0.25, 0.3) is 0 Å². The van der Waals surface area contributed by atoms with Crippen molar-refractivity contribution < 1.29 is 21.6 Å². The van der Waals surface area contributed by atoms with Crippen molar-refractivity contribution in [3.63, 3.8) is 0 Å².